The molecule has 4 nitrogen and oxygen atoms in total. The Morgan fingerprint density at radius 1 is 1.35 bits per heavy atom. The molecule has 1 saturated heterocycles. The van der Waals surface area contributed by atoms with Crippen LogP contribution in [-0.4, -0.2) is 40.5 Å². The number of pyridine rings is 1. The molecule has 0 saturated carbocycles. The third kappa shape index (κ3) is 4.22. The second-order valence-corrected chi connectivity index (χ2v) is 6.54. The van der Waals surface area contributed by atoms with Crippen molar-refractivity contribution in [1.29, 1.82) is 0 Å². The topological polar surface area (TPSA) is 45.2 Å². The number of likely N-dealkylation sites (tertiary alicyclic amines) is 1. The fourth-order valence-electron chi connectivity index (χ4n) is 2.81. The lowest BCUT2D eigenvalue weighted by Gasteiger charge is -2.41. The van der Waals surface area contributed by atoms with E-state index in [0.717, 1.165) is 19.2 Å². The molecule has 0 atom stereocenters. The van der Waals surface area contributed by atoms with Gasteiger partial charge in [-0.15, -0.1) is 0 Å². The van der Waals surface area contributed by atoms with Crippen LogP contribution in [0.1, 0.15) is 49.7 Å². The number of nitrogens with zero attached hydrogens (tertiary/aromatic N) is 2. The molecule has 1 aliphatic rings. The third-order valence-electron chi connectivity index (χ3n) is 4.38. The molecule has 0 aromatic carbocycles. The van der Waals surface area contributed by atoms with Crippen LogP contribution in [0.5, 0.6) is 0 Å². The fraction of sp³-hybridized carbons (Fsp3) is 0.625. The summed E-state index contributed by atoms with van der Waals surface area (Å²) in [6.07, 6.45) is -1.99. The van der Waals surface area contributed by atoms with Crippen molar-refractivity contribution in [3.05, 3.63) is 29.6 Å². The van der Waals surface area contributed by atoms with Gasteiger partial charge in [-0.05, 0) is 45.7 Å². The molecule has 0 bridgehead atoms. The summed E-state index contributed by atoms with van der Waals surface area (Å²) in [6, 6.07) is 2.48. The summed E-state index contributed by atoms with van der Waals surface area (Å²) in [4.78, 5) is 18.2. The van der Waals surface area contributed by atoms with Crippen LogP contribution < -0.4 is 5.32 Å². The molecule has 1 amide bonds. The predicted molar refractivity (Wildman–Crippen MR) is 81.1 cm³/mol. The van der Waals surface area contributed by atoms with E-state index in [1.165, 1.54) is 12.3 Å². The Kier molecular flexibility index (Phi) is 4.98. The van der Waals surface area contributed by atoms with Crippen molar-refractivity contribution < 1.29 is 18.0 Å². The minimum atomic E-state index is -4.59. The SMILES string of the molecule is CC(C)N1CCC(C)(NC(=O)c2ncccc2C(F)(F)F)CC1. The van der Waals surface area contributed by atoms with Crippen LogP contribution in [0.25, 0.3) is 0 Å². The van der Waals surface area contributed by atoms with Crippen LogP contribution in [0.4, 0.5) is 13.2 Å². The smallest absolute Gasteiger partial charge is 0.345 e. The zero-order chi connectivity index (χ0) is 17.3. The Hall–Kier alpha value is -1.63. The highest BCUT2D eigenvalue weighted by Gasteiger charge is 2.38. The molecule has 1 aromatic heterocycles. The van der Waals surface area contributed by atoms with Gasteiger partial charge in [0.25, 0.3) is 5.91 Å². The molecule has 1 aliphatic heterocycles. The van der Waals surface area contributed by atoms with Crippen molar-refractivity contribution in [2.75, 3.05) is 13.1 Å². The highest BCUT2D eigenvalue weighted by molar-refractivity contribution is 5.94. The average Bonchev–Trinajstić information content (AvgIpc) is 2.46. The number of carbonyl (C=O) groups excluding carboxylic acids is 1. The molecule has 0 spiro atoms. The number of hydrogen-bond donors (Lipinski definition) is 1. The van der Waals surface area contributed by atoms with Gasteiger partial charge < -0.3 is 10.2 Å². The van der Waals surface area contributed by atoms with Crippen LogP contribution in [0.15, 0.2) is 18.3 Å². The van der Waals surface area contributed by atoms with E-state index in [2.05, 4.69) is 29.0 Å². The maximum atomic E-state index is 13.0. The van der Waals surface area contributed by atoms with Gasteiger partial charge in [0, 0.05) is 30.9 Å². The van der Waals surface area contributed by atoms with Gasteiger partial charge in [-0.2, -0.15) is 13.2 Å². The van der Waals surface area contributed by atoms with Gasteiger partial charge in [0.2, 0.25) is 0 Å². The predicted octanol–water partition coefficient (Wildman–Crippen LogP) is 3.09. The van der Waals surface area contributed by atoms with E-state index in [-0.39, 0.29) is 0 Å². The third-order valence-corrected chi connectivity index (χ3v) is 4.38. The molecule has 7 heteroatoms. The van der Waals surface area contributed by atoms with Crippen molar-refractivity contribution in [2.45, 2.75) is 51.4 Å². The van der Waals surface area contributed by atoms with Gasteiger partial charge in [0.1, 0.15) is 5.69 Å². The van der Waals surface area contributed by atoms with Crippen molar-refractivity contribution in [2.24, 2.45) is 0 Å². The van der Waals surface area contributed by atoms with Gasteiger partial charge in [-0.1, -0.05) is 0 Å². The number of alkyl halides is 3. The maximum absolute atomic E-state index is 13.0. The lowest BCUT2D eigenvalue weighted by atomic mass is 9.88. The highest BCUT2D eigenvalue weighted by atomic mass is 19.4. The maximum Gasteiger partial charge on any atom is 0.418 e. The summed E-state index contributed by atoms with van der Waals surface area (Å²) in [5.41, 5.74) is -2.07. The van der Waals surface area contributed by atoms with Gasteiger partial charge >= 0.3 is 6.18 Å². The summed E-state index contributed by atoms with van der Waals surface area (Å²) in [6.45, 7) is 7.69. The van der Waals surface area contributed by atoms with Gasteiger partial charge in [0.15, 0.2) is 0 Å². The first kappa shape index (κ1) is 17.7. The number of hydrogen-bond acceptors (Lipinski definition) is 3. The van der Waals surface area contributed by atoms with Crippen molar-refractivity contribution >= 4 is 5.91 Å². The van der Waals surface area contributed by atoms with Crippen molar-refractivity contribution in [1.82, 2.24) is 15.2 Å². The van der Waals surface area contributed by atoms with Crippen LogP contribution in [-0.2, 0) is 6.18 Å². The number of halogens is 3. The van der Waals surface area contributed by atoms with Crippen LogP contribution in [0.3, 0.4) is 0 Å². The zero-order valence-electron chi connectivity index (χ0n) is 13.6. The molecule has 0 radical (unpaired) electrons. The van der Waals surface area contributed by atoms with Gasteiger partial charge in [-0.25, -0.2) is 0 Å². The molecule has 128 valence electrons. The minimum absolute atomic E-state index is 0.419. The average molecular weight is 329 g/mol. The number of aromatic nitrogens is 1. The molecular weight excluding hydrogens is 307 g/mol. The summed E-state index contributed by atoms with van der Waals surface area (Å²) < 4.78 is 39.0. The quantitative estimate of drug-likeness (QED) is 0.927. The number of amides is 1. The van der Waals surface area contributed by atoms with Crippen molar-refractivity contribution in [3.8, 4) is 0 Å². The molecule has 2 heterocycles. The molecular formula is C16H22F3N3O. The summed E-state index contributed by atoms with van der Waals surface area (Å²) in [5, 5.41) is 2.76. The summed E-state index contributed by atoms with van der Waals surface area (Å²) in [7, 11) is 0. The Labute approximate surface area is 134 Å². The summed E-state index contributed by atoms with van der Waals surface area (Å²) >= 11 is 0. The van der Waals surface area contributed by atoms with Gasteiger partial charge in [-0.3, -0.25) is 9.78 Å². The standard InChI is InChI=1S/C16H22F3N3O/c1-11(2)22-9-6-15(3,7-10-22)21-14(23)13-12(16(17,18)19)5-4-8-20-13/h4-5,8,11H,6-7,9-10H2,1-3H3,(H,21,23). The van der Waals surface area contributed by atoms with Gasteiger partial charge in [0.05, 0.1) is 5.56 Å². The van der Waals surface area contributed by atoms with Crippen LogP contribution in [0, 0.1) is 0 Å². The fourth-order valence-corrected chi connectivity index (χ4v) is 2.81. The number of nitrogens with one attached hydrogen (secondary N) is 1. The number of carbonyl (C=O) groups is 1. The van der Waals surface area contributed by atoms with Crippen LogP contribution in [0.2, 0.25) is 0 Å². The molecule has 1 N–H and O–H groups in total. The lowest BCUT2D eigenvalue weighted by Crippen LogP contribution is -2.54. The summed E-state index contributed by atoms with van der Waals surface area (Å²) in [5.74, 6) is -0.765. The lowest BCUT2D eigenvalue weighted by molar-refractivity contribution is -0.138. The second kappa shape index (κ2) is 6.47. The van der Waals surface area contributed by atoms with Crippen LogP contribution >= 0.6 is 0 Å². The molecule has 2 rings (SSSR count). The Bertz CT molecular complexity index is 564. The number of rotatable bonds is 3. The molecule has 23 heavy (non-hydrogen) atoms. The van der Waals surface area contributed by atoms with E-state index < -0.39 is 28.9 Å². The molecule has 1 aromatic rings. The Balaban J connectivity index is 2.11. The van der Waals surface area contributed by atoms with E-state index in [4.69, 9.17) is 0 Å². The zero-order valence-corrected chi connectivity index (χ0v) is 13.6. The van der Waals surface area contributed by atoms with E-state index >= 15 is 0 Å². The Morgan fingerprint density at radius 3 is 2.48 bits per heavy atom. The van der Waals surface area contributed by atoms with Crippen molar-refractivity contribution in [3.63, 3.8) is 0 Å². The number of piperidine rings is 1. The minimum Gasteiger partial charge on any atom is -0.345 e. The molecule has 0 aliphatic carbocycles. The normalized spacial score (nSPS) is 18.9. The van der Waals surface area contributed by atoms with E-state index in [0.29, 0.717) is 18.9 Å². The first-order valence-corrected chi connectivity index (χ1v) is 7.71. The first-order valence-electron chi connectivity index (χ1n) is 7.71. The van der Waals surface area contributed by atoms with E-state index in [1.807, 2.05) is 6.92 Å². The van der Waals surface area contributed by atoms with E-state index in [1.54, 1.807) is 0 Å². The second-order valence-electron chi connectivity index (χ2n) is 6.54. The first-order chi connectivity index (χ1) is 10.6. The highest BCUT2D eigenvalue weighted by Crippen LogP contribution is 2.31. The Morgan fingerprint density at radius 2 is 1.96 bits per heavy atom. The monoisotopic (exact) mass is 329 g/mol. The largest absolute Gasteiger partial charge is 0.418 e. The molecule has 1 fully saturated rings. The molecule has 0 unspecified atom stereocenters. The van der Waals surface area contributed by atoms with E-state index in [9.17, 15) is 18.0 Å².